The number of hydrogen-bond donors (Lipinski definition) is 2. The molecule has 108 valence electrons. The van der Waals surface area contributed by atoms with Crippen molar-refractivity contribution in [1.29, 1.82) is 0 Å². The third-order valence-electron chi connectivity index (χ3n) is 4.55. The van der Waals surface area contributed by atoms with Crippen molar-refractivity contribution in [3.8, 4) is 5.75 Å². The first-order valence-electron chi connectivity index (χ1n) is 6.72. The maximum absolute atomic E-state index is 12.7. The number of fused-ring (bicyclic) bond motifs is 1. The predicted octanol–water partition coefficient (Wildman–Crippen LogP) is 0.763. The summed E-state index contributed by atoms with van der Waals surface area (Å²) in [5, 5.41) is 18.7. The van der Waals surface area contributed by atoms with E-state index in [4.69, 9.17) is 4.74 Å². The van der Waals surface area contributed by atoms with E-state index in [2.05, 4.69) is 0 Å². The second-order valence-corrected chi connectivity index (χ2v) is 5.68. The fourth-order valence-electron chi connectivity index (χ4n) is 3.63. The number of phenols is 1. The molecule has 0 aromatic heterocycles. The number of carbonyl (C=O) groups excluding carboxylic acids is 1. The summed E-state index contributed by atoms with van der Waals surface area (Å²) in [5.74, 6) is -2.63. The molecule has 0 unspecified atom stereocenters. The molecule has 21 heavy (non-hydrogen) atoms. The summed E-state index contributed by atoms with van der Waals surface area (Å²) >= 11 is 0. The first-order valence-corrected chi connectivity index (χ1v) is 6.72. The Bertz CT molecular complexity index is 667. The van der Waals surface area contributed by atoms with Gasteiger partial charge in [-0.1, -0.05) is 12.2 Å². The molecule has 0 radical (unpaired) electrons. The van der Waals surface area contributed by atoms with Crippen molar-refractivity contribution in [3.63, 3.8) is 0 Å². The predicted molar refractivity (Wildman–Crippen MR) is 71.8 cm³/mol. The van der Waals surface area contributed by atoms with Crippen LogP contribution in [0.2, 0.25) is 0 Å². The highest BCUT2D eigenvalue weighted by Crippen LogP contribution is 2.52. The van der Waals surface area contributed by atoms with E-state index >= 15 is 0 Å². The van der Waals surface area contributed by atoms with Gasteiger partial charge in [0, 0.05) is 5.69 Å². The SMILES string of the molecule is O=C(O)[C@@H]1[C@H]2C=C[C@@]3(CN(c4ccc(O)cc4)C(=O)[C@@H]13)O2. The molecule has 2 bridgehead atoms. The third kappa shape index (κ3) is 1.50. The van der Waals surface area contributed by atoms with Crippen LogP contribution in [0.3, 0.4) is 0 Å². The number of aromatic hydroxyl groups is 1. The van der Waals surface area contributed by atoms with Gasteiger partial charge in [-0.15, -0.1) is 0 Å². The minimum atomic E-state index is -1.00. The summed E-state index contributed by atoms with van der Waals surface area (Å²) in [6.07, 6.45) is 3.04. The lowest BCUT2D eigenvalue weighted by Gasteiger charge is -2.21. The number of phenolic OH excluding ortho intramolecular Hbond substituents is 1. The van der Waals surface area contributed by atoms with Crippen LogP contribution in [0.4, 0.5) is 5.69 Å². The van der Waals surface area contributed by atoms with Gasteiger partial charge < -0.3 is 19.8 Å². The number of carboxylic acids is 1. The van der Waals surface area contributed by atoms with Crippen LogP contribution in [-0.4, -0.2) is 40.3 Å². The zero-order valence-electron chi connectivity index (χ0n) is 11.0. The Morgan fingerprint density at radius 1 is 1.33 bits per heavy atom. The van der Waals surface area contributed by atoms with E-state index in [9.17, 15) is 19.8 Å². The summed E-state index contributed by atoms with van der Waals surface area (Å²) < 4.78 is 5.80. The molecule has 4 atom stereocenters. The highest BCUT2D eigenvalue weighted by molar-refractivity contribution is 6.02. The largest absolute Gasteiger partial charge is 0.508 e. The number of aliphatic carboxylic acids is 1. The molecule has 1 aromatic carbocycles. The number of ether oxygens (including phenoxy) is 1. The maximum Gasteiger partial charge on any atom is 0.310 e. The van der Waals surface area contributed by atoms with E-state index in [1.807, 2.05) is 6.08 Å². The summed E-state index contributed by atoms with van der Waals surface area (Å²) in [6.45, 7) is 0.304. The van der Waals surface area contributed by atoms with E-state index < -0.39 is 29.5 Å². The first kappa shape index (κ1) is 12.4. The number of nitrogens with zero attached hydrogens (tertiary/aromatic N) is 1. The van der Waals surface area contributed by atoms with Gasteiger partial charge in [-0.25, -0.2) is 0 Å². The number of rotatable bonds is 2. The average Bonchev–Trinajstić information content (AvgIpc) is 3.08. The summed E-state index contributed by atoms with van der Waals surface area (Å²) in [7, 11) is 0. The molecule has 2 fully saturated rings. The Kier molecular flexibility index (Phi) is 2.28. The van der Waals surface area contributed by atoms with Crippen molar-refractivity contribution in [2.75, 3.05) is 11.4 Å². The molecule has 6 nitrogen and oxygen atoms in total. The Morgan fingerprint density at radius 2 is 2.05 bits per heavy atom. The molecule has 1 aromatic rings. The van der Waals surface area contributed by atoms with Crippen LogP contribution >= 0.6 is 0 Å². The van der Waals surface area contributed by atoms with Crippen molar-refractivity contribution in [2.45, 2.75) is 11.7 Å². The van der Waals surface area contributed by atoms with Gasteiger partial charge in [0.15, 0.2) is 0 Å². The Labute approximate surface area is 120 Å². The number of carbonyl (C=O) groups is 2. The molecule has 4 rings (SSSR count). The van der Waals surface area contributed by atoms with E-state index in [0.29, 0.717) is 12.2 Å². The van der Waals surface area contributed by atoms with E-state index in [1.165, 1.54) is 17.0 Å². The van der Waals surface area contributed by atoms with E-state index in [0.717, 1.165) is 0 Å². The topological polar surface area (TPSA) is 87.1 Å². The summed E-state index contributed by atoms with van der Waals surface area (Å²) in [6, 6.07) is 6.27. The molecule has 1 spiro atoms. The highest BCUT2D eigenvalue weighted by Gasteiger charge is 2.67. The van der Waals surface area contributed by atoms with Gasteiger partial charge in [-0.3, -0.25) is 9.59 Å². The molecule has 1 amide bonds. The van der Waals surface area contributed by atoms with Crippen LogP contribution in [0.15, 0.2) is 36.4 Å². The normalized spacial score (nSPS) is 36.3. The Morgan fingerprint density at radius 3 is 2.71 bits per heavy atom. The lowest BCUT2D eigenvalue weighted by Crippen LogP contribution is -2.39. The molecular formula is C15H13NO5. The zero-order chi connectivity index (χ0) is 14.8. The number of amides is 1. The van der Waals surface area contributed by atoms with Crippen LogP contribution in [0.1, 0.15) is 0 Å². The second-order valence-electron chi connectivity index (χ2n) is 5.68. The molecular weight excluding hydrogens is 274 g/mol. The second kappa shape index (κ2) is 3.85. The van der Waals surface area contributed by atoms with E-state index in [-0.39, 0.29) is 11.7 Å². The summed E-state index contributed by atoms with van der Waals surface area (Å²) in [4.78, 5) is 25.6. The number of hydrogen-bond acceptors (Lipinski definition) is 4. The fraction of sp³-hybridized carbons (Fsp3) is 0.333. The lowest BCUT2D eigenvalue weighted by atomic mass is 9.77. The molecule has 3 aliphatic heterocycles. The fourth-order valence-corrected chi connectivity index (χ4v) is 3.63. The number of benzene rings is 1. The monoisotopic (exact) mass is 287 g/mol. The van der Waals surface area contributed by atoms with Crippen LogP contribution < -0.4 is 4.90 Å². The molecule has 0 saturated carbocycles. The quantitative estimate of drug-likeness (QED) is 0.784. The van der Waals surface area contributed by atoms with Crippen molar-refractivity contribution < 1.29 is 24.5 Å². The average molecular weight is 287 g/mol. The van der Waals surface area contributed by atoms with Crippen molar-refractivity contribution in [3.05, 3.63) is 36.4 Å². The van der Waals surface area contributed by atoms with Gasteiger partial charge in [-0.2, -0.15) is 0 Å². The standard InChI is InChI=1S/C15H13NO5/c17-9-3-1-8(2-4-9)16-7-15-6-5-10(21-15)11(14(19)20)12(15)13(16)18/h1-6,10-12,17H,7H2,(H,19,20)/t10-,11-,12-,15+/m1/s1. The minimum absolute atomic E-state index is 0.115. The Balaban J connectivity index is 1.73. The third-order valence-corrected chi connectivity index (χ3v) is 4.55. The molecule has 3 aliphatic rings. The van der Waals surface area contributed by atoms with Gasteiger partial charge in [0.25, 0.3) is 0 Å². The minimum Gasteiger partial charge on any atom is -0.508 e. The van der Waals surface area contributed by atoms with Gasteiger partial charge >= 0.3 is 5.97 Å². The van der Waals surface area contributed by atoms with Crippen LogP contribution in [0.25, 0.3) is 0 Å². The smallest absolute Gasteiger partial charge is 0.310 e. The molecule has 0 aliphatic carbocycles. The molecule has 6 heteroatoms. The highest BCUT2D eigenvalue weighted by atomic mass is 16.5. The van der Waals surface area contributed by atoms with Crippen LogP contribution in [0, 0.1) is 11.8 Å². The first-order chi connectivity index (χ1) is 10.0. The van der Waals surface area contributed by atoms with Crippen molar-refractivity contribution in [2.24, 2.45) is 11.8 Å². The van der Waals surface area contributed by atoms with Crippen molar-refractivity contribution in [1.82, 2.24) is 0 Å². The maximum atomic E-state index is 12.7. The molecule has 2 N–H and O–H groups in total. The van der Waals surface area contributed by atoms with Gasteiger partial charge in [0.05, 0.1) is 18.6 Å². The van der Waals surface area contributed by atoms with Crippen molar-refractivity contribution >= 4 is 17.6 Å². The molecule has 2 saturated heterocycles. The molecule has 3 heterocycles. The number of anilines is 1. The lowest BCUT2D eigenvalue weighted by molar-refractivity contribution is -0.146. The zero-order valence-corrected chi connectivity index (χ0v) is 11.0. The van der Waals surface area contributed by atoms with Crippen LogP contribution in [0.5, 0.6) is 5.75 Å². The Hall–Kier alpha value is -2.34. The van der Waals surface area contributed by atoms with E-state index in [1.54, 1.807) is 18.2 Å². The van der Waals surface area contributed by atoms with Gasteiger partial charge in [0.2, 0.25) is 5.91 Å². The number of carboxylic acid groups (broad SMARTS) is 1. The summed E-state index contributed by atoms with van der Waals surface area (Å²) in [5.41, 5.74) is -0.200. The van der Waals surface area contributed by atoms with Crippen LogP contribution in [-0.2, 0) is 14.3 Å². The van der Waals surface area contributed by atoms with Gasteiger partial charge in [0.1, 0.15) is 17.3 Å². The van der Waals surface area contributed by atoms with Gasteiger partial charge in [-0.05, 0) is 24.3 Å².